The fourth-order valence-electron chi connectivity index (χ4n) is 2.69. The molecular formula is C12H16NOP. The number of fused-ring (bicyclic) bond motifs is 1. The first-order chi connectivity index (χ1) is 7.31. The van der Waals surface area contributed by atoms with Gasteiger partial charge in [-0.25, -0.2) is 0 Å². The molecule has 0 N–H and O–H groups in total. The van der Waals surface area contributed by atoms with Crippen LogP contribution in [0.4, 0.5) is 0 Å². The van der Waals surface area contributed by atoms with E-state index < -0.39 is 0 Å². The van der Waals surface area contributed by atoms with E-state index in [1.54, 1.807) is 0 Å². The summed E-state index contributed by atoms with van der Waals surface area (Å²) in [7, 11) is 0.553. The molecule has 0 radical (unpaired) electrons. The third-order valence-corrected chi connectivity index (χ3v) is 4.90. The Morgan fingerprint density at radius 1 is 1.40 bits per heavy atom. The highest BCUT2D eigenvalue weighted by Gasteiger charge is 2.48. The van der Waals surface area contributed by atoms with Gasteiger partial charge in [0.15, 0.2) is 0 Å². The van der Waals surface area contributed by atoms with Gasteiger partial charge in [-0.05, 0) is 25.3 Å². The summed E-state index contributed by atoms with van der Waals surface area (Å²) >= 11 is 0. The minimum Gasteiger partial charge on any atom is -0.334 e. The molecule has 0 saturated carbocycles. The fourth-order valence-corrected chi connectivity index (χ4v) is 4.00. The zero-order valence-corrected chi connectivity index (χ0v) is 9.94. The molecule has 3 atom stereocenters. The standard InChI is InChI=1S/C12H16NOP/c1-12(10-6-3-2-4-7-10)11-8-5-9-13(11)15-14-12/h2-4,6-7,11,15H,5,8-9H2,1H3/t11-,12+/m0/s1. The van der Waals surface area contributed by atoms with Crippen molar-refractivity contribution in [1.82, 2.24) is 4.67 Å². The van der Waals surface area contributed by atoms with Crippen molar-refractivity contribution in [3.8, 4) is 0 Å². The third-order valence-electron chi connectivity index (χ3n) is 3.61. The maximum atomic E-state index is 6.05. The molecule has 2 saturated heterocycles. The van der Waals surface area contributed by atoms with Gasteiger partial charge in [0.25, 0.3) is 0 Å². The normalized spacial score (nSPS) is 37.3. The molecule has 0 aliphatic carbocycles. The van der Waals surface area contributed by atoms with Gasteiger partial charge in [-0.2, -0.15) is 0 Å². The minimum absolute atomic E-state index is 0.0732. The van der Waals surface area contributed by atoms with Crippen LogP contribution in [0.5, 0.6) is 0 Å². The molecule has 0 spiro atoms. The Morgan fingerprint density at radius 2 is 2.20 bits per heavy atom. The number of rotatable bonds is 1. The van der Waals surface area contributed by atoms with Crippen LogP contribution >= 0.6 is 8.96 Å². The molecule has 1 unspecified atom stereocenters. The van der Waals surface area contributed by atoms with Gasteiger partial charge >= 0.3 is 0 Å². The molecule has 2 nitrogen and oxygen atoms in total. The van der Waals surface area contributed by atoms with Gasteiger partial charge in [-0.15, -0.1) is 0 Å². The molecule has 0 aromatic heterocycles. The average Bonchev–Trinajstić information content (AvgIpc) is 2.85. The van der Waals surface area contributed by atoms with Crippen LogP contribution in [-0.4, -0.2) is 17.3 Å². The second-order valence-corrected chi connectivity index (χ2v) is 5.48. The Hall–Kier alpha value is -0.430. The maximum Gasteiger partial charge on any atom is 0.112 e. The predicted molar refractivity (Wildman–Crippen MR) is 62.9 cm³/mol. The SMILES string of the molecule is C[C@]1(c2ccccc2)OPN2CCC[C@H]21. The minimum atomic E-state index is -0.0732. The maximum absolute atomic E-state index is 6.05. The number of benzene rings is 1. The summed E-state index contributed by atoms with van der Waals surface area (Å²) in [4.78, 5) is 0. The van der Waals surface area contributed by atoms with Gasteiger partial charge in [0, 0.05) is 12.6 Å². The average molecular weight is 221 g/mol. The molecule has 3 heteroatoms. The zero-order chi connectivity index (χ0) is 10.3. The first kappa shape index (κ1) is 9.77. The van der Waals surface area contributed by atoms with Gasteiger partial charge in [-0.1, -0.05) is 30.3 Å². The van der Waals surface area contributed by atoms with Crippen LogP contribution in [0.1, 0.15) is 25.3 Å². The molecule has 2 aliphatic rings. The Kier molecular flexibility index (Phi) is 2.31. The number of hydrogen-bond donors (Lipinski definition) is 0. The van der Waals surface area contributed by atoms with Crippen molar-refractivity contribution in [3.63, 3.8) is 0 Å². The van der Waals surface area contributed by atoms with Gasteiger partial charge in [0.05, 0.1) is 8.96 Å². The summed E-state index contributed by atoms with van der Waals surface area (Å²) in [6, 6.07) is 11.2. The van der Waals surface area contributed by atoms with Gasteiger partial charge in [0.1, 0.15) is 5.60 Å². The van der Waals surface area contributed by atoms with Crippen molar-refractivity contribution in [1.29, 1.82) is 0 Å². The monoisotopic (exact) mass is 221 g/mol. The quantitative estimate of drug-likeness (QED) is 0.676. The van der Waals surface area contributed by atoms with Crippen molar-refractivity contribution in [2.24, 2.45) is 0 Å². The molecule has 2 heterocycles. The summed E-state index contributed by atoms with van der Waals surface area (Å²) in [6.45, 7) is 3.46. The lowest BCUT2D eigenvalue weighted by atomic mass is 9.87. The molecule has 2 fully saturated rings. The highest BCUT2D eigenvalue weighted by Crippen LogP contribution is 2.52. The lowest BCUT2D eigenvalue weighted by Gasteiger charge is -2.29. The lowest BCUT2D eigenvalue weighted by Crippen LogP contribution is -2.36. The third kappa shape index (κ3) is 1.44. The molecule has 3 rings (SSSR count). The van der Waals surface area contributed by atoms with E-state index >= 15 is 0 Å². The van der Waals surface area contributed by atoms with Crippen molar-refractivity contribution in [2.45, 2.75) is 31.4 Å². The molecule has 1 aromatic rings. The van der Waals surface area contributed by atoms with E-state index in [0.717, 1.165) is 0 Å². The van der Waals surface area contributed by atoms with E-state index in [9.17, 15) is 0 Å². The topological polar surface area (TPSA) is 12.5 Å². The van der Waals surface area contributed by atoms with Crippen molar-refractivity contribution < 1.29 is 4.52 Å². The molecule has 80 valence electrons. The van der Waals surface area contributed by atoms with Crippen molar-refractivity contribution >= 4 is 8.96 Å². The largest absolute Gasteiger partial charge is 0.334 e. The summed E-state index contributed by atoms with van der Waals surface area (Å²) in [5.41, 5.74) is 1.25. The van der Waals surface area contributed by atoms with E-state index in [4.69, 9.17) is 4.52 Å². The first-order valence-electron chi connectivity index (χ1n) is 5.56. The van der Waals surface area contributed by atoms with Crippen LogP contribution in [0.3, 0.4) is 0 Å². The van der Waals surface area contributed by atoms with Gasteiger partial charge in [0.2, 0.25) is 0 Å². The zero-order valence-electron chi connectivity index (χ0n) is 8.94. The first-order valence-corrected chi connectivity index (χ1v) is 6.42. The van der Waals surface area contributed by atoms with Crippen LogP contribution in [0.2, 0.25) is 0 Å². The highest BCUT2D eigenvalue weighted by molar-refractivity contribution is 7.29. The van der Waals surface area contributed by atoms with E-state index in [1.165, 1.54) is 24.9 Å². The molecular weight excluding hydrogens is 205 g/mol. The fraction of sp³-hybridized carbons (Fsp3) is 0.500. The van der Waals surface area contributed by atoms with E-state index in [0.29, 0.717) is 15.0 Å². The summed E-state index contributed by atoms with van der Waals surface area (Å²) in [5, 5.41) is 0. The molecule has 2 aliphatic heterocycles. The van der Waals surface area contributed by atoms with E-state index in [1.807, 2.05) is 0 Å². The summed E-state index contributed by atoms with van der Waals surface area (Å²) in [5.74, 6) is 0. The van der Waals surface area contributed by atoms with Crippen molar-refractivity contribution in [2.75, 3.05) is 6.54 Å². The Labute approximate surface area is 92.5 Å². The van der Waals surface area contributed by atoms with Gasteiger partial charge < -0.3 is 4.52 Å². The highest BCUT2D eigenvalue weighted by atomic mass is 31.1. The summed E-state index contributed by atoms with van der Waals surface area (Å²) < 4.78 is 8.54. The van der Waals surface area contributed by atoms with Crippen molar-refractivity contribution in [3.05, 3.63) is 35.9 Å². The van der Waals surface area contributed by atoms with Crippen LogP contribution in [-0.2, 0) is 10.1 Å². The van der Waals surface area contributed by atoms with E-state index in [2.05, 4.69) is 41.9 Å². The van der Waals surface area contributed by atoms with Crippen LogP contribution < -0.4 is 0 Å². The second kappa shape index (κ2) is 3.55. The molecule has 15 heavy (non-hydrogen) atoms. The second-order valence-electron chi connectivity index (χ2n) is 4.52. The lowest BCUT2D eigenvalue weighted by molar-refractivity contribution is 0.0904. The summed E-state index contributed by atoms with van der Waals surface area (Å²) in [6.07, 6.45) is 2.60. The molecule has 0 amide bonds. The number of hydrogen-bond acceptors (Lipinski definition) is 2. The van der Waals surface area contributed by atoms with Crippen LogP contribution in [0.25, 0.3) is 0 Å². The number of nitrogens with zero attached hydrogens (tertiary/aromatic N) is 1. The smallest absolute Gasteiger partial charge is 0.112 e. The Morgan fingerprint density at radius 3 is 3.00 bits per heavy atom. The van der Waals surface area contributed by atoms with Crippen LogP contribution in [0, 0.1) is 0 Å². The molecule has 0 bridgehead atoms. The Balaban J connectivity index is 1.97. The van der Waals surface area contributed by atoms with Crippen LogP contribution in [0.15, 0.2) is 30.3 Å². The molecule has 1 aromatic carbocycles. The predicted octanol–water partition coefficient (Wildman–Crippen LogP) is 2.90. The van der Waals surface area contributed by atoms with E-state index in [-0.39, 0.29) is 5.60 Å². The Bertz CT molecular complexity index is 356. The van der Waals surface area contributed by atoms with Gasteiger partial charge in [-0.3, -0.25) is 4.67 Å².